The fourth-order valence-corrected chi connectivity index (χ4v) is 3.13. The average molecular weight is 358 g/mol. The summed E-state index contributed by atoms with van der Waals surface area (Å²) in [5.74, 6) is 1.15. The number of guanidine groups is 1. The molecule has 0 bridgehead atoms. The number of benzene rings is 2. The van der Waals surface area contributed by atoms with E-state index in [-0.39, 0.29) is 0 Å². The van der Waals surface area contributed by atoms with Crippen LogP contribution in [0.2, 0.25) is 0 Å². The topological polar surface area (TPSA) is 49.3 Å². The standard InChI is InChI=1S/C23H26N4/c1-24-23(27-18-21-14-8-9-16-25-21)26-17-15-22(19-10-4-2-5-11-19)20-12-6-3-7-13-20/h2-14,16,22H,15,17-18H2,1H3,(H2,24,26,27). The Bertz CT molecular complexity index is 777. The lowest BCUT2D eigenvalue weighted by Gasteiger charge is -2.19. The van der Waals surface area contributed by atoms with Crippen LogP contribution in [0, 0.1) is 0 Å². The van der Waals surface area contributed by atoms with Crippen molar-refractivity contribution in [1.29, 1.82) is 0 Å². The van der Waals surface area contributed by atoms with Gasteiger partial charge in [-0.1, -0.05) is 66.7 Å². The van der Waals surface area contributed by atoms with E-state index in [1.165, 1.54) is 11.1 Å². The molecule has 2 N–H and O–H groups in total. The first-order valence-electron chi connectivity index (χ1n) is 9.31. The first-order valence-corrected chi connectivity index (χ1v) is 9.31. The van der Waals surface area contributed by atoms with Crippen LogP contribution in [0.5, 0.6) is 0 Å². The van der Waals surface area contributed by atoms with Gasteiger partial charge < -0.3 is 10.6 Å². The molecule has 3 rings (SSSR count). The van der Waals surface area contributed by atoms with Gasteiger partial charge in [-0.05, 0) is 29.7 Å². The molecule has 0 aliphatic carbocycles. The molecule has 1 heterocycles. The second kappa shape index (κ2) is 10.1. The zero-order valence-corrected chi connectivity index (χ0v) is 15.7. The summed E-state index contributed by atoms with van der Waals surface area (Å²) in [6, 6.07) is 27.3. The second-order valence-electron chi connectivity index (χ2n) is 6.34. The van der Waals surface area contributed by atoms with Gasteiger partial charge >= 0.3 is 0 Å². The Morgan fingerprint density at radius 3 is 2.04 bits per heavy atom. The number of nitrogens with zero attached hydrogens (tertiary/aromatic N) is 2. The van der Waals surface area contributed by atoms with Gasteiger partial charge in [-0.25, -0.2) is 0 Å². The Kier molecular flexibility index (Phi) is 6.99. The number of pyridine rings is 1. The van der Waals surface area contributed by atoms with Crippen molar-refractivity contribution in [2.24, 2.45) is 4.99 Å². The van der Waals surface area contributed by atoms with E-state index < -0.39 is 0 Å². The van der Waals surface area contributed by atoms with Gasteiger partial charge in [0, 0.05) is 25.7 Å². The zero-order valence-electron chi connectivity index (χ0n) is 15.7. The maximum atomic E-state index is 4.33. The highest BCUT2D eigenvalue weighted by Gasteiger charge is 2.13. The van der Waals surface area contributed by atoms with E-state index in [2.05, 4.69) is 81.3 Å². The largest absolute Gasteiger partial charge is 0.356 e. The summed E-state index contributed by atoms with van der Waals surface area (Å²) >= 11 is 0. The van der Waals surface area contributed by atoms with E-state index in [1.807, 2.05) is 18.2 Å². The summed E-state index contributed by atoms with van der Waals surface area (Å²) in [4.78, 5) is 8.64. The first kappa shape index (κ1) is 18.6. The van der Waals surface area contributed by atoms with Crippen molar-refractivity contribution < 1.29 is 0 Å². The molecule has 0 aliphatic rings. The quantitative estimate of drug-likeness (QED) is 0.496. The van der Waals surface area contributed by atoms with Crippen molar-refractivity contribution in [3.8, 4) is 0 Å². The summed E-state index contributed by atoms with van der Waals surface area (Å²) < 4.78 is 0. The van der Waals surface area contributed by atoms with Crippen LogP contribution in [0.25, 0.3) is 0 Å². The van der Waals surface area contributed by atoms with Gasteiger partial charge in [-0.3, -0.25) is 9.98 Å². The fourth-order valence-electron chi connectivity index (χ4n) is 3.13. The van der Waals surface area contributed by atoms with Crippen molar-refractivity contribution in [2.45, 2.75) is 18.9 Å². The molecule has 138 valence electrons. The van der Waals surface area contributed by atoms with Crippen molar-refractivity contribution in [2.75, 3.05) is 13.6 Å². The maximum Gasteiger partial charge on any atom is 0.191 e. The SMILES string of the molecule is CN=C(NCCC(c1ccccc1)c1ccccc1)NCc1ccccn1. The number of aliphatic imine (C=N–C) groups is 1. The van der Waals surface area contributed by atoms with Crippen molar-refractivity contribution in [1.82, 2.24) is 15.6 Å². The molecule has 0 aliphatic heterocycles. The Hall–Kier alpha value is -3.14. The van der Waals surface area contributed by atoms with Crippen LogP contribution < -0.4 is 10.6 Å². The molecule has 0 fully saturated rings. The molecule has 4 nitrogen and oxygen atoms in total. The highest BCUT2D eigenvalue weighted by molar-refractivity contribution is 5.79. The average Bonchev–Trinajstić information content (AvgIpc) is 2.75. The molecule has 4 heteroatoms. The molecule has 2 aromatic carbocycles. The molecular weight excluding hydrogens is 332 g/mol. The van der Waals surface area contributed by atoms with Gasteiger partial charge in [0.1, 0.15) is 0 Å². The van der Waals surface area contributed by atoms with E-state index in [1.54, 1.807) is 13.2 Å². The van der Waals surface area contributed by atoms with Gasteiger partial charge in [0.25, 0.3) is 0 Å². The Morgan fingerprint density at radius 2 is 1.48 bits per heavy atom. The highest BCUT2D eigenvalue weighted by atomic mass is 15.2. The predicted octanol–water partition coefficient (Wildman–Crippen LogP) is 3.97. The van der Waals surface area contributed by atoms with Crippen molar-refractivity contribution >= 4 is 5.96 Å². The third kappa shape index (κ3) is 5.68. The van der Waals surface area contributed by atoms with Crippen LogP contribution in [0.4, 0.5) is 0 Å². The Balaban J connectivity index is 1.58. The lowest BCUT2D eigenvalue weighted by molar-refractivity contribution is 0.677. The number of rotatable bonds is 7. The smallest absolute Gasteiger partial charge is 0.191 e. The summed E-state index contributed by atoms with van der Waals surface area (Å²) in [6.07, 6.45) is 2.79. The van der Waals surface area contributed by atoms with E-state index in [9.17, 15) is 0 Å². The van der Waals surface area contributed by atoms with Gasteiger partial charge in [0.05, 0.1) is 12.2 Å². The van der Waals surface area contributed by atoms with Crippen LogP contribution in [-0.4, -0.2) is 24.5 Å². The third-order valence-electron chi connectivity index (χ3n) is 4.52. The van der Waals surface area contributed by atoms with Crippen LogP contribution in [-0.2, 0) is 6.54 Å². The predicted molar refractivity (Wildman–Crippen MR) is 112 cm³/mol. The highest BCUT2D eigenvalue weighted by Crippen LogP contribution is 2.27. The minimum Gasteiger partial charge on any atom is -0.356 e. The van der Waals surface area contributed by atoms with Crippen LogP contribution >= 0.6 is 0 Å². The number of aromatic nitrogens is 1. The van der Waals surface area contributed by atoms with E-state index in [0.717, 1.165) is 24.6 Å². The number of nitrogens with one attached hydrogen (secondary N) is 2. The Morgan fingerprint density at radius 1 is 0.852 bits per heavy atom. The molecule has 0 unspecified atom stereocenters. The fraction of sp³-hybridized carbons (Fsp3) is 0.217. The summed E-state index contributed by atoms with van der Waals surface area (Å²) in [6.45, 7) is 1.48. The monoisotopic (exact) mass is 358 g/mol. The van der Waals surface area contributed by atoms with Gasteiger partial charge in [-0.2, -0.15) is 0 Å². The maximum absolute atomic E-state index is 4.33. The van der Waals surface area contributed by atoms with Crippen LogP contribution in [0.1, 0.15) is 29.2 Å². The van der Waals surface area contributed by atoms with E-state index in [4.69, 9.17) is 0 Å². The minimum absolute atomic E-state index is 0.355. The lowest BCUT2D eigenvalue weighted by Crippen LogP contribution is -2.37. The van der Waals surface area contributed by atoms with Gasteiger partial charge in [-0.15, -0.1) is 0 Å². The molecular formula is C23H26N4. The molecule has 0 saturated heterocycles. The normalized spacial score (nSPS) is 11.4. The molecule has 0 radical (unpaired) electrons. The first-order chi connectivity index (χ1) is 13.4. The molecule has 0 saturated carbocycles. The minimum atomic E-state index is 0.355. The summed E-state index contributed by atoms with van der Waals surface area (Å²) in [7, 11) is 1.79. The van der Waals surface area contributed by atoms with Crippen molar-refractivity contribution in [3.05, 3.63) is 102 Å². The summed E-state index contributed by atoms with van der Waals surface area (Å²) in [5.41, 5.74) is 3.66. The van der Waals surface area contributed by atoms with Gasteiger partial charge in [0.15, 0.2) is 5.96 Å². The zero-order chi connectivity index (χ0) is 18.7. The molecule has 1 aromatic heterocycles. The number of hydrogen-bond donors (Lipinski definition) is 2. The van der Waals surface area contributed by atoms with Crippen LogP contribution in [0.15, 0.2) is 90.1 Å². The molecule has 0 atom stereocenters. The molecule has 0 spiro atoms. The third-order valence-corrected chi connectivity index (χ3v) is 4.52. The van der Waals surface area contributed by atoms with E-state index in [0.29, 0.717) is 12.5 Å². The lowest BCUT2D eigenvalue weighted by atomic mass is 9.88. The van der Waals surface area contributed by atoms with Gasteiger partial charge in [0.2, 0.25) is 0 Å². The van der Waals surface area contributed by atoms with E-state index >= 15 is 0 Å². The Labute approximate surface area is 161 Å². The molecule has 3 aromatic rings. The second-order valence-corrected chi connectivity index (χ2v) is 6.34. The van der Waals surface area contributed by atoms with Crippen molar-refractivity contribution in [3.63, 3.8) is 0 Å². The summed E-state index contributed by atoms with van der Waals surface area (Å²) in [5, 5.41) is 6.74. The molecule has 0 amide bonds. The van der Waals surface area contributed by atoms with Crippen LogP contribution in [0.3, 0.4) is 0 Å². The molecule has 27 heavy (non-hydrogen) atoms. The number of hydrogen-bond acceptors (Lipinski definition) is 2.